The van der Waals surface area contributed by atoms with E-state index in [1.807, 2.05) is 38.2 Å². The molecule has 0 rings (SSSR count). The molecule has 7 heteroatoms. The van der Waals surface area contributed by atoms with Crippen molar-refractivity contribution in [2.45, 2.75) is 39.5 Å². The van der Waals surface area contributed by atoms with Gasteiger partial charge in [0.15, 0.2) is 0 Å². The first-order chi connectivity index (χ1) is 12.2. The Kier molecular flexibility index (Phi) is 16.8. The van der Waals surface area contributed by atoms with E-state index in [4.69, 9.17) is 23.7 Å². The molecule has 0 aliphatic carbocycles. The van der Waals surface area contributed by atoms with Gasteiger partial charge in [-0.2, -0.15) is 0 Å². The second-order valence-corrected chi connectivity index (χ2v) is 4.84. The monoisotopic (exact) mass is 358 g/mol. The van der Waals surface area contributed by atoms with Gasteiger partial charge in [0, 0.05) is 0 Å². The van der Waals surface area contributed by atoms with Crippen molar-refractivity contribution in [2.24, 2.45) is 0 Å². The Morgan fingerprint density at radius 1 is 0.600 bits per heavy atom. The molecule has 144 valence electrons. The van der Waals surface area contributed by atoms with Crippen LogP contribution >= 0.6 is 0 Å². The first-order valence-electron chi connectivity index (χ1n) is 8.67. The molecule has 0 saturated heterocycles. The molecule has 0 spiro atoms. The van der Waals surface area contributed by atoms with Crippen LogP contribution in [0.1, 0.15) is 39.5 Å². The molecule has 0 N–H and O–H groups in total. The van der Waals surface area contributed by atoms with Crippen molar-refractivity contribution in [2.75, 3.05) is 39.6 Å². The van der Waals surface area contributed by atoms with Crippen LogP contribution in [0.3, 0.4) is 0 Å². The van der Waals surface area contributed by atoms with Gasteiger partial charge in [0.25, 0.3) is 0 Å². The van der Waals surface area contributed by atoms with Gasteiger partial charge < -0.3 is 23.7 Å². The molecule has 0 aliphatic heterocycles. The van der Waals surface area contributed by atoms with E-state index in [1.165, 1.54) is 0 Å². The lowest BCUT2D eigenvalue weighted by molar-refractivity contribution is 0.00680. The van der Waals surface area contributed by atoms with Gasteiger partial charge in [-0.05, 0) is 25.7 Å². The Labute approximate surface area is 149 Å². The summed E-state index contributed by atoms with van der Waals surface area (Å²) in [5.74, 6) is 0. The van der Waals surface area contributed by atoms with Crippen LogP contribution in [0.15, 0.2) is 24.3 Å². The zero-order valence-electron chi connectivity index (χ0n) is 15.2. The lowest BCUT2D eigenvalue weighted by atomic mass is 10.3. The van der Waals surface area contributed by atoms with Gasteiger partial charge >= 0.3 is 12.3 Å². The van der Waals surface area contributed by atoms with Gasteiger partial charge in [0.1, 0.15) is 13.2 Å². The Balaban J connectivity index is 3.34. The first kappa shape index (κ1) is 23.0. The van der Waals surface area contributed by atoms with Crippen molar-refractivity contribution < 1.29 is 33.3 Å². The number of carbonyl (C=O) groups excluding carboxylic acids is 2. The summed E-state index contributed by atoms with van der Waals surface area (Å²) in [5.41, 5.74) is 0. The number of carbonyl (C=O) groups is 2. The molecule has 25 heavy (non-hydrogen) atoms. The van der Waals surface area contributed by atoms with Crippen LogP contribution in [0.4, 0.5) is 9.59 Å². The summed E-state index contributed by atoms with van der Waals surface area (Å²) in [6, 6.07) is 0. The van der Waals surface area contributed by atoms with Crippen LogP contribution in [-0.2, 0) is 23.7 Å². The van der Waals surface area contributed by atoms with Crippen molar-refractivity contribution in [3.8, 4) is 0 Å². The molecule has 0 unspecified atom stereocenters. The second kappa shape index (κ2) is 18.3. The van der Waals surface area contributed by atoms with Crippen LogP contribution in [0.5, 0.6) is 0 Å². The highest BCUT2D eigenvalue weighted by atomic mass is 16.7. The average Bonchev–Trinajstić information content (AvgIpc) is 2.60. The number of ether oxygens (including phenoxy) is 5. The van der Waals surface area contributed by atoms with Gasteiger partial charge in [-0.3, -0.25) is 0 Å². The fraction of sp³-hybridized carbons (Fsp3) is 0.667. The summed E-state index contributed by atoms with van der Waals surface area (Å²) in [6.45, 7) is 5.21. The summed E-state index contributed by atoms with van der Waals surface area (Å²) < 4.78 is 24.5. The topological polar surface area (TPSA) is 80.3 Å². The number of rotatable bonds is 14. The molecule has 0 bridgehead atoms. The quantitative estimate of drug-likeness (QED) is 0.263. The lowest BCUT2D eigenvalue weighted by Gasteiger charge is -2.07. The number of hydrogen-bond acceptors (Lipinski definition) is 7. The molecular weight excluding hydrogens is 328 g/mol. The smallest absolute Gasteiger partial charge is 0.434 e. The Hall–Kier alpha value is -2.02. The third-order valence-corrected chi connectivity index (χ3v) is 2.71. The lowest BCUT2D eigenvalue weighted by Crippen LogP contribution is -2.16. The summed E-state index contributed by atoms with van der Waals surface area (Å²) in [5, 5.41) is 0. The van der Waals surface area contributed by atoms with E-state index in [0.29, 0.717) is 26.1 Å². The molecule has 0 aromatic carbocycles. The highest BCUT2D eigenvalue weighted by molar-refractivity contribution is 5.60. The summed E-state index contributed by atoms with van der Waals surface area (Å²) in [6.07, 6.45) is 9.72. The molecule has 0 aromatic rings. The average molecular weight is 358 g/mol. The molecule has 0 heterocycles. The Morgan fingerprint density at radius 2 is 1.00 bits per heavy atom. The molecule has 7 nitrogen and oxygen atoms in total. The number of allylic oxidation sites excluding steroid dienone is 2. The van der Waals surface area contributed by atoms with Crippen molar-refractivity contribution in [3.05, 3.63) is 24.3 Å². The van der Waals surface area contributed by atoms with Crippen LogP contribution in [0.2, 0.25) is 0 Å². The van der Waals surface area contributed by atoms with E-state index in [-0.39, 0.29) is 26.4 Å². The van der Waals surface area contributed by atoms with Gasteiger partial charge in [-0.25, -0.2) is 9.59 Å². The fourth-order valence-corrected chi connectivity index (χ4v) is 1.54. The van der Waals surface area contributed by atoms with Gasteiger partial charge in [0.2, 0.25) is 0 Å². The third kappa shape index (κ3) is 18.2. The van der Waals surface area contributed by atoms with E-state index < -0.39 is 12.3 Å². The molecular formula is C18H30O7. The predicted molar refractivity (Wildman–Crippen MR) is 93.5 cm³/mol. The molecule has 0 atom stereocenters. The highest BCUT2D eigenvalue weighted by Gasteiger charge is 2.04. The van der Waals surface area contributed by atoms with Crippen LogP contribution < -0.4 is 0 Å². The SMILES string of the molecule is CC/C=C/CCOC(=O)OCCOCCOC(=O)OCC/C=C/CC. The molecule has 0 fully saturated rings. The zero-order chi connectivity index (χ0) is 18.6. The van der Waals surface area contributed by atoms with E-state index in [9.17, 15) is 9.59 Å². The minimum absolute atomic E-state index is 0.0812. The maximum Gasteiger partial charge on any atom is 0.508 e. The molecule has 0 amide bonds. The van der Waals surface area contributed by atoms with E-state index in [0.717, 1.165) is 12.8 Å². The summed E-state index contributed by atoms with van der Waals surface area (Å²) >= 11 is 0. The van der Waals surface area contributed by atoms with Gasteiger partial charge in [-0.1, -0.05) is 38.2 Å². The maximum absolute atomic E-state index is 11.2. The molecule has 0 radical (unpaired) electrons. The third-order valence-electron chi connectivity index (χ3n) is 2.71. The van der Waals surface area contributed by atoms with Crippen molar-refractivity contribution in [3.63, 3.8) is 0 Å². The van der Waals surface area contributed by atoms with E-state index in [2.05, 4.69) is 0 Å². The largest absolute Gasteiger partial charge is 0.508 e. The van der Waals surface area contributed by atoms with Gasteiger partial charge in [0.05, 0.1) is 26.4 Å². The predicted octanol–water partition coefficient (Wildman–Crippen LogP) is 4.02. The standard InChI is InChI=1S/C18H30O7/c1-3-5-7-9-11-22-17(19)24-15-13-21-14-16-25-18(20)23-12-10-8-6-4-2/h5-8H,3-4,9-16H2,1-2H3/b7-5+,8-6+. The van der Waals surface area contributed by atoms with Gasteiger partial charge in [-0.15, -0.1) is 0 Å². The van der Waals surface area contributed by atoms with E-state index >= 15 is 0 Å². The molecule has 0 aliphatic rings. The normalized spacial score (nSPS) is 11.0. The summed E-state index contributed by atoms with van der Waals surface area (Å²) in [4.78, 5) is 22.4. The molecule has 0 aromatic heterocycles. The van der Waals surface area contributed by atoms with Crippen molar-refractivity contribution >= 4 is 12.3 Å². The fourth-order valence-electron chi connectivity index (χ4n) is 1.54. The second-order valence-electron chi connectivity index (χ2n) is 4.84. The van der Waals surface area contributed by atoms with Crippen LogP contribution in [0.25, 0.3) is 0 Å². The minimum atomic E-state index is -0.717. The highest BCUT2D eigenvalue weighted by Crippen LogP contribution is 1.93. The Bertz CT molecular complexity index is 355. The van der Waals surface area contributed by atoms with Crippen molar-refractivity contribution in [1.82, 2.24) is 0 Å². The Morgan fingerprint density at radius 3 is 1.40 bits per heavy atom. The minimum Gasteiger partial charge on any atom is -0.434 e. The number of hydrogen-bond donors (Lipinski definition) is 0. The van der Waals surface area contributed by atoms with E-state index in [1.54, 1.807) is 0 Å². The van der Waals surface area contributed by atoms with Crippen molar-refractivity contribution in [1.29, 1.82) is 0 Å². The first-order valence-corrected chi connectivity index (χ1v) is 8.67. The zero-order valence-corrected chi connectivity index (χ0v) is 15.2. The van der Waals surface area contributed by atoms with Crippen LogP contribution in [-0.4, -0.2) is 52.0 Å². The summed E-state index contributed by atoms with van der Waals surface area (Å²) in [7, 11) is 0. The van der Waals surface area contributed by atoms with Crippen LogP contribution in [0, 0.1) is 0 Å². The maximum atomic E-state index is 11.2. The molecule has 0 saturated carbocycles.